The quantitative estimate of drug-likeness (QED) is 0.475. The molecule has 9 atom stereocenters. The van der Waals surface area contributed by atoms with Crippen LogP contribution in [0.4, 0.5) is 0 Å². The molecule has 1 N–H and O–H groups in total. The Balaban J connectivity index is 1.26. The second kappa shape index (κ2) is 10.4. The molecule has 0 amide bonds. The molecule has 4 saturated carbocycles. The minimum atomic E-state index is -3.66. The van der Waals surface area contributed by atoms with Gasteiger partial charge in [-0.15, -0.1) is 0 Å². The first-order valence-electron chi connectivity index (χ1n) is 14.4. The first kappa shape index (κ1) is 26.2. The number of nitrogens with zero attached hydrogens (tertiary/aromatic N) is 1. The Kier molecular flexibility index (Phi) is 7.56. The van der Waals surface area contributed by atoms with Gasteiger partial charge in [0, 0.05) is 19.3 Å². The van der Waals surface area contributed by atoms with Crippen molar-refractivity contribution >= 4 is 10.0 Å². The SMILES string of the molecule is CCOCC1CCC2C(CCC3C2CCC2(C)C(C(C)NS(=O)(=O)c4cccc(C#N)c4)CCC32)C1. The van der Waals surface area contributed by atoms with E-state index in [-0.39, 0.29) is 16.4 Å². The van der Waals surface area contributed by atoms with E-state index < -0.39 is 10.0 Å². The second-order valence-electron chi connectivity index (χ2n) is 12.6. The summed E-state index contributed by atoms with van der Waals surface area (Å²) < 4.78 is 35.1. The standard InChI is InChI=1S/C30H44N2O3S/c1-4-35-19-22-8-10-25-23(16-22)9-11-27-26(25)14-15-30(3)28(12-13-29(27)30)20(2)32-36(33,34)24-7-5-6-21(17-24)18-31/h5-7,17,20,22-23,25-29,32H,4,8-16,19H2,1-3H3. The summed E-state index contributed by atoms with van der Waals surface area (Å²) in [6, 6.07) is 8.28. The number of nitrogens with one attached hydrogen (secondary N) is 1. The van der Waals surface area contributed by atoms with Crippen LogP contribution in [0.15, 0.2) is 29.2 Å². The normalized spacial score (nSPS) is 38.9. The summed E-state index contributed by atoms with van der Waals surface area (Å²) in [5, 5.41) is 9.19. The fourth-order valence-electron chi connectivity index (χ4n) is 9.38. The van der Waals surface area contributed by atoms with E-state index >= 15 is 0 Å². The third-order valence-electron chi connectivity index (χ3n) is 10.9. The number of sulfonamides is 1. The van der Waals surface area contributed by atoms with Crippen molar-refractivity contribution < 1.29 is 13.2 Å². The Labute approximate surface area is 218 Å². The van der Waals surface area contributed by atoms with Crippen LogP contribution in [-0.2, 0) is 14.8 Å². The van der Waals surface area contributed by atoms with Gasteiger partial charge >= 0.3 is 0 Å². The highest BCUT2D eigenvalue weighted by Crippen LogP contribution is 2.65. The highest BCUT2D eigenvalue weighted by Gasteiger charge is 2.58. The number of hydrogen-bond acceptors (Lipinski definition) is 4. The van der Waals surface area contributed by atoms with Crippen LogP contribution in [0.3, 0.4) is 0 Å². The van der Waals surface area contributed by atoms with Gasteiger partial charge in [0.15, 0.2) is 0 Å². The Hall–Kier alpha value is -1.42. The lowest BCUT2D eigenvalue weighted by molar-refractivity contribution is -0.0748. The predicted molar refractivity (Wildman–Crippen MR) is 142 cm³/mol. The molecule has 198 valence electrons. The van der Waals surface area contributed by atoms with E-state index in [4.69, 9.17) is 4.74 Å². The first-order chi connectivity index (χ1) is 17.3. The zero-order valence-corrected chi connectivity index (χ0v) is 23.1. The van der Waals surface area contributed by atoms with E-state index in [0.29, 0.717) is 11.5 Å². The molecule has 0 heterocycles. The van der Waals surface area contributed by atoms with Gasteiger partial charge in [-0.25, -0.2) is 13.1 Å². The third kappa shape index (κ3) is 4.76. The summed E-state index contributed by atoms with van der Waals surface area (Å²) in [6.07, 6.45) is 11.7. The fourth-order valence-corrected chi connectivity index (χ4v) is 10.7. The topological polar surface area (TPSA) is 79.2 Å². The lowest BCUT2D eigenvalue weighted by atomic mass is 9.49. The highest BCUT2D eigenvalue weighted by molar-refractivity contribution is 7.89. The van der Waals surface area contributed by atoms with E-state index in [1.165, 1.54) is 57.4 Å². The van der Waals surface area contributed by atoms with Gasteiger partial charge in [0.1, 0.15) is 0 Å². The van der Waals surface area contributed by atoms with Crippen molar-refractivity contribution in [1.29, 1.82) is 5.26 Å². The zero-order valence-electron chi connectivity index (χ0n) is 22.3. The Morgan fingerprint density at radius 1 is 1.11 bits per heavy atom. The largest absolute Gasteiger partial charge is 0.381 e. The van der Waals surface area contributed by atoms with Gasteiger partial charge < -0.3 is 4.74 Å². The van der Waals surface area contributed by atoms with Gasteiger partial charge in [-0.2, -0.15) is 5.26 Å². The van der Waals surface area contributed by atoms with Gasteiger partial charge in [0.25, 0.3) is 0 Å². The molecule has 0 bridgehead atoms. The van der Waals surface area contributed by atoms with Gasteiger partial charge in [0.05, 0.1) is 16.5 Å². The molecule has 5 rings (SSSR count). The molecule has 4 aliphatic rings. The molecule has 1 aromatic rings. The molecule has 5 nitrogen and oxygen atoms in total. The molecule has 0 aromatic heterocycles. The third-order valence-corrected chi connectivity index (χ3v) is 12.5. The van der Waals surface area contributed by atoms with E-state index in [1.807, 2.05) is 0 Å². The van der Waals surface area contributed by atoms with E-state index in [0.717, 1.165) is 55.1 Å². The Bertz CT molecular complexity index is 1080. The number of nitriles is 1. The first-order valence-corrected chi connectivity index (χ1v) is 15.9. The molecule has 6 heteroatoms. The minimum absolute atomic E-state index is 0.113. The lowest BCUT2D eigenvalue weighted by Crippen LogP contribution is -2.51. The Morgan fingerprint density at radius 3 is 2.69 bits per heavy atom. The van der Waals surface area contributed by atoms with Crippen LogP contribution in [0.2, 0.25) is 0 Å². The maximum atomic E-state index is 13.2. The van der Waals surface area contributed by atoms with Crippen LogP contribution in [0.25, 0.3) is 0 Å². The summed E-state index contributed by atoms with van der Waals surface area (Å²) in [7, 11) is -3.66. The van der Waals surface area contributed by atoms with Crippen molar-refractivity contribution in [2.45, 2.75) is 89.5 Å². The van der Waals surface area contributed by atoms with Crippen LogP contribution >= 0.6 is 0 Å². The van der Waals surface area contributed by atoms with Gasteiger partial charge in [-0.3, -0.25) is 0 Å². The van der Waals surface area contributed by atoms with Crippen molar-refractivity contribution in [1.82, 2.24) is 4.72 Å². The van der Waals surface area contributed by atoms with E-state index in [9.17, 15) is 13.7 Å². The molecule has 36 heavy (non-hydrogen) atoms. The Morgan fingerprint density at radius 2 is 1.92 bits per heavy atom. The van der Waals surface area contributed by atoms with E-state index in [1.54, 1.807) is 18.2 Å². The number of ether oxygens (including phenoxy) is 1. The number of benzene rings is 1. The second-order valence-corrected chi connectivity index (χ2v) is 14.3. The molecule has 0 spiro atoms. The van der Waals surface area contributed by atoms with Gasteiger partial charge in [-0.05, 0) is 137 Å². The van der Waals surface area contributed by atoms with Crippen molar-refractivity contribution in [3.8, 4) is 6.07 Å². The fraction of sp³-hybridized carbons (Fsp3) is 0.767. The molecule has 0 aliphatic heterocycles. The van der Waals surface area contributed by atoms with Crippen LogP contribution in [0.5, 0.6) is 0 Å². The van der Waals surface area contributed by atoms with Gasteiger partial charge in [-0.1, -0.05) is 13.0 Å². The van der Waals surface area contributed by atoms with Crippen LogP contribution < -0.4 is 4.72 Å². The summed E-state index contributed by atoms with van der Waals surface area (Å²) in [5.41, 5.74) is 0.579. The summed E-state index contributed by atoms with van der Waals surface area (Å²) in [5.74, 6) is 5.31. The monoisotopic (exact) mass is 512 g/mol. The average Bonchev–Trinajstić information content (AvgIpc) is 3.24. The smallest absolute Gasteiger partial charge is 0.240 e. The summed E-state index contributed by atoms with van der Waals surface area (Å²) >= 11 is 0. The van der Waals surface area contributed by atoms with Crippen molar-refractivity contribution in [3.05, 3.63) is 29.8 Å². The van der Waals surface area contributed by atoms with Gasteiger partial charge in [0.2, 0.25) is 10.0 Å². The number of rotatable bonds is 7. The summed E-state index contributed by atoms with van der Waals surface area (Å²) in [4.78, 5) is 0.190. The predicted octanol–water partition coefficient (Wildman–Crippen LogP) is 6.15. The maximum absolute atomic E-state index is 13.2. The maximum Gasteiger partial charge on any atom is 0.240 e. The number of hydrogen-bond donors (Lipinski definition) is 1. The molecule has 0 saturated heterocycles. The number of fused-ring (bicyclic) bond motifs is 5. The molecular weight excluding hydrogens is 468 g/mol. The van der Waals surface area contributed by atoms with E-state index in [2.05, 4.69) is 31.6 Å². The molecule has 0 radical (unpaired) electrons. The highest BCUT2D eigenvalue weighted by atomic mass is 32.2. The molecular formula is C30H44N2O3S. The van der Waals surface area contributed by atoms with Crippen LogP contribution in [0.1, 0.15) is 84.1 Å². The van der Waals surface area contributed by atoms with Crippen LogP contribution in [0, 0.1) is 58.2 Å². The molecule has 4 fully saturated rings. The van der Waals surface area contributed by atoms with Crippen LogP contribution in [-0.4, -0.2) is 27.7 Å². The lowest BCUT2D eigenvalue weighted by Gasteiger charge is -2.56. The van der Waals surface area contributed by atoms with Crippen molar-refractivity contribution in [2.24, 2.45) is 46.8 Å². The minimum Gasteiger partial charge on any atom is -0.381 e. The van der Waals surface area contributed by atoms with Crippen molar-refractivity contribution in [2.75, 3.05) is 13.2 Å². The summed E-state index contributed by atoms with van der Waals surface area (Å²) in [6.45, 7) is 8.41. The zero-order chi connectivity index (χ0) is 25.5. The van der Waals surface area contributed by atoms with Crippen molar-refractivity contribution in [3.63, 3.8) is 0 Å². The molecule has 9 unspecified atom stereocenters. The molecule has 1 aromatic carbocycles. The molecule has 4 aliphatic carbocycles. The average molecular weight is 513 g/mol.